The molecular formula is C23H27N5O. The molecule has 0 radical (unpaired) electrons. The number of anilines is 1. The normalized spacial score (nSPS) is 16.9. The van der Waals surface area contributed by atoms with Gasteiger partial charge < -0.3 is 9.88 Å². The number of carbonyl (C=O) groups is 1. The second kappa shape index (κ2) is 7.04. The van der Waals surface area contributed by atoms with E-state index in [0.717, 1.165) is 17.0 Å². The van der Waals surface area contributed by atoms with Crippen LogP contribution >= 0.6 is 0 Å². The van der Waals surface area contributed by atoms with E-state index in [4.69, 9.17) is 4.98 Å². The summed E-state index contributed by atoms with van der Waals surface area (Å²) in [6, 6.07) is 15.8. The van der Waals surface area contributed by atoms with Gasteiger partial charge in [-0.2, -0.15) is 0 Å². The number of aryl methyl sites for hydroxylation is 1. The lowest BCUT2D eigenvalue weighted by Crippen LogP contribution is -2.42. The Morgan fingerprint density at radius 1 is 1.10 bits per heavy atom. The first-order chi connectivity index (χ1) is 13.7. The second-order valence-electron chi connectivity index (χ2n) is 8.55. The predicted octanol–water partition coefficient (Wildman–Crippen LogP) is 3.86. The quantitative estimate of drug-likeness (QED) is 0.714. The van der Waals surface area contributed by atoms with E-state index in [2.05, 4.69) is 31.5 Å². The number of carbonyl (C=O) groups excluding carboxylic acids is 1. The number of hydrogen-bond donors (Lipinski definition) is 2. The first-order valence-electron chi connectivity index (χ1n) is 9.85. The number of para-hydroxylation sites is 2. The van der Waals surface area contributed by atoms with Crippen LogP contribution in [-0.2, 0) is 12.5 Å². The van der Waals surface area contributed by atoms with Crippen molar-refractivity contribution >= 4 is 22.9 Å². The third-order valence-electron chi connectivity index (χ3n) is 5.20. The summed E-state index contributed by atoms with van der Waals surface area (Å²) in [6.07, 6.45) is 1.99. The fourth-order valence-electron chi connectivity index (χ4n) is 3.53. The number of rotatable bonds is 3. The predicted molar refractivity (Wildman–Crippen MR) is 116 cm³/mol. The Hall–Kier alpha value is -3.12. The molecule has 0 bridgehead atoms. The summed E-state index contributed by atoms with van der Waals surface area (Å²) in [5.74, 6) is 1.27. The molecule has 1 aliphatic rings. The number of nitrogens with zero attached hydrogens (tertiary/aromatic N) is 3. The molecular weight excluding hydrogens is 362 g/mol. The van der Waals surface area contributed by atoms with Crippen molar-refractivity contribution < 1.29 is 4.79 Å². The molecule has 1 amide bonds. The molecule has 0 saturated carbocycles. The topological polar surface area (TPSA) is 62.2 Å². The van der Waals surface area contributed by atoms with Crippen LogP contribution in [0.3, 0.4) is 0 Å². The molecule has 3 aromatic rings. The van der Waals surface area contributed by atoms with Crippen molar-refractivity contribution in [3.63, 3.8) is 0 Å². The highest BCUT2D eigenvalue weighted by atomic mass is 16.1. The van der Waals surface area contributed by atoms with Gasteiger partial charge in [-0.1, -0.05) is 45.0 Å². The monoisotopic (exact) mass is 389 g/mol. The Morgan fingerprint density at radius 2 is 1.79 bits per heavy atom. The highest BCUT2D eigenvalue weighted by Gasteiger charge is 2.27. The number of hydrazine groups is 1. The summed E-state index contributed by atoms with van der Waals surface area (Å²) in [7, 11) is 1.97. The number of benzene rings is 2. The second-order valence-corrected chi connectivity index (χ2v) is 8.55. The van der Waals surface area contributed by atoms with Gasteiger partial charge in [0, 0.05) is 18.7 Å². The van der Waals surface area contributed by atoms with Gasteiger partial charge in [-0.3, -0.25) is 4.79 Å². The fourth-order valence-corrected chi connectivity index (χ4v) is 3.53. The maximum atomic E-state index is 12.9. The van der Waals surface area contributed by atoms with Crippen LogP contribution in [0.15, 0.2) is 60.4 Å². The van der Waals surface area contributed by atoms with Crippen molar-refractivity contribution in [2.45, 2.75) is 39.2 Å². The molecule has 0 aliphatic carbocycles. The number of amides is 1. The van der Waals surface area contributed by atoms with Crippen molar-refractivity contribution in [1.29, 1.82) is 0 Å². The SMILES string of the molecule is CC1C=C(NC(=O)c2ccc(C(C)(C)C)cc2)N(c2nc3ccccc3n2C)N1. The molecule has 150 valence electrons. The summed E-state index contributed by atoms with van der Waals surface area (Å²) in [5, 5.41) is 4.88. The molecule has 2 aromatic carbocycles. The van der Waals surface area contributed by atoms with Gasteiger partial charge in [-0.15, -0.1) is 0 Å². The molecule has 6 heteroatoms. The number of imidazole rings is 1. The van der Waals surface area contributed by atoms with Crippen LogP contribution in [-0.4, -0.2) is 21.5 Å². The molecule has 6 nitrogen and oxygen atoms in total. The van der Waals surface area contributed by atoms with Crippen LogP contribution in [0.5, 0.6) is 0 Å². The maximum absolute atomic E-state index is 12.9. The minimum Gasteiger partial charge on any atom is -0.312 e. The number of nitrogens with one attached hydrogen (secondary N) is 2. The van der Waals surface area contributed by atoms with Crippen LogP contribution in [0.4, 0.5) is 5.95 Å². The first kappa shape index (κ1) is 19.2. The van der Waals surface area contributed by atoms with Crippen molar-refractivity contribution in [3.05, 3.63) is 71.6 Å². The molecule has 0 fully saturated rings. The summed E-state index contributed by atoms with van der Waals surface area (Å²) in [5.41, 5.74) is 7.18. The lowest BCUT2D eigenvalue weighted by atomic mass is 9.87. The molecule has 1 unspecified atom stereocenters. The summed E-state index contributed by atoms with van der Waals surface area (Å²) in [4.78, 5) is 17.6. The van der Waals surface area contributed by atoms with E-state index in [1.54, 1.807) is 0 Å². The Balaban J connectivity index is 1.59. The van der Waals surface area contributed by atoms with Crippen LogP contribution in [0.1, 0.15) is 43.6 Å². The van der Waals surface area contributed by atoms with Gasteiger partial charge in [0.05, 0.1) is 11.0 Å². The Morgan fingerprint density at radius 3 is 2.45 bits per heavy atom. The van der Waals surface area contributed by atoms with E-state index in [1.807, 2.05) is 78.2 Å². The van der Waals surface area contributed by atoms with Crippen LogP contribution in [0.25, 0.3) is 11.0 Å². The molecule has 1 atom stereocenters. The van der Waals surface area contributed by atoms with Crippen molar-refractivity contribution in [2.75, 3.05) is 5.01 Å². The number of aromatic nitrogens is 2. The minimum atomic E-state index is -0.142. The largest absolute Gasteiger partial charge is 0.312 e. The summed E-state index contributed by atoms with van der Waals surface area (Å²) < 4.78 is 2.01. The van der Waals surface area contributed by atoms with Gasteiger partial charge in [-0.25, -0.2) is 15.4 Å². The molecule has 1 aromatic heterocycles. The molecule has 2 N–H and O–H groups in total. The van der Waals surface area contributed by atoms with Crippen LogP contribution in [0, 0.1) is 0 Å². The van der Waals surface area contributed by atoms with Gasteiger partial charge >= 0.3 is 0 Å². The Kier molecular flexibility index (Phi) is 4.67. The standard InChI is InChI=1S/C23H27N5O/c1-15-14-20(25-21(29)16-10-12-17(13-11-16)23(2,3)4)28(26-15)22-24-18-8-6-7-9-19(18)27(22)5/h6-15,26H,1-5H3,(H,25,29). The lowest BCUT2D eigenvalue weighted by molar-refractivity contribution is 0.0964. The third kappa shape index (κ3) is 3.63. The summed E-state index contributed by atoms with van der Waals surface area (Å²) >= 11 is 0. The van der Waals surface area contributed by atoms with E-state index in [1.165, 1.54) is 5.56 Å². The smallest absolute Gasteiger partial charge is 0.256 e. The molecule has 1 aliphatic heterocycles. The Bertz CT molecular complexity index is 1090. The zero-order valence-corrected chi connectivity index (χ0v) is 17.5. The minimum absolute atomic E-state index is 0.0549. The molecule has 0 spiro atoms. The van der Waals surface area contributed by atoms with E-state index in [9.17, 15) is 4.79 Å². The van der Waals surface area contributed by atoms with Crippen molar-refractivity contribution in [2.24, 2.45) is 7.05 Å². The fraction of sp³-hybridized carbons (Fsp3) is 0.304. The first-order valence-corrected chi connectivity index (χ1v) is 9.85. The van der Waals surface area contributed by atoms with Gasteiger partial charge in [0.15, 0.2) is 0 Å². The maximum Gasteiger partial charge on any atom is 0.256 e. The molecule has 29 heavy (non-hydrogen) atoms. The van der Waals surface area contributed by atoms with E-state index < -0.39 is 0 Å². The van der Waals surface area contributed by atoms with Crippen molar-refractivity contribution in [3.8, 4) is 0 Å². The zero-order valence-electron chi connectivity index (χ0n) is 17.5. The third-order valence-corrected chi connectivity index (χ3v) is 5.20. The Labute approximate surface area is 171 Å². The highest BCUT2D eigenvalue weighted by molar-refractivity contribution is 5.95. The van der Waals surface area contributed by atoms with Crippen molar-refractivity contribution in [1.82, 2.24) is 20.3 Å². The molecule has 4 rings (SSSR count). The van der Waals surface area contributed by atoms with Crippen LogP contribution in [0.2, 0.25) is 0 Å². The number of fused-ring (bicyclic) bond motifs is 1. The van der Waals surface area contributed by atoms with Gasteiger partial charge in [0.1, 0.15) is 5.82 Å². The lowest BCUT2D eigenvalue weighted by Gasteiger charge is -2.23. The number of hydrogen-bond acceptors (Lipinski definition) is 4. The highest BCUT2D eigenvalue weighted by Crippen LogP contribution is 2.25. The van der Waals surface area contributed by atoms with E-state index in [0.29, 0.717) is 11.4 Å². The summed E-state index contributed by atoms with van der Waals surface area (Å²) in [6.45, 7) is 8.51. The molecule has 0 saturated heterocycles. The van der Waals surface area contributed by atoms with Gasteiger partial charge in [-0.05, 0) is 48.2 Å². The van der Waals surface area contributed by atoms with Crippen LogP contribution < -0.4 is 15.8 Å². The van der Waals surface area contributed by atoms with E-state index >= 15 is 0 Å². The van der Waals surface area contributed by atoms with Gasteiger partial charge in [0.2, 0.25) is 5.95 Å². The average molecular weight is 390 g/mol. The molecule has 2 heterocycles. The average Bonchev–Trinajstić information content (AvgIpc) is 3.21. The zero-order chi connectivity index (χ0) is 20.8. The van der Waals surface area contributed by atoms with Gasteiger partial charge in [0.25, 0.3) is 5.91 Å². The van der Waals surface area contributed by atoms with E-state index in [-0.39, 0.29) is 17.4 Å².